The van der Waals surface area contributed by atoms with E-state index in [4.69, 9.17) is 19.3 Å². The molecule has 1 aliphatic carbocycles. The Labute approximate surface area is 228 Å². The third kappa shape index (κ3) is 4.97. The van der Waals surface area contributed by atoms with Crippen LogP contribution in [0.15, 0.2) is 72.8 Å². The molecule has 39 heavy (non-hydrogen) atoms. The topological polar surface area (TPSA) is 65.8 Å². The van der Waals surface area contributed by atoms with Gasteiger partial charge in [0.2, 0.25) is 0 Å². The number of aryl methyl sites for hydroxylation is 1. The fourth-order valence-corrected chi connectivity index (χ4v) is 5.77. The van der Waals surface area contributed by atoms with Gasteiger partial charge in [-0.3, -0.25) is 0 Å². The van der Waals surface area contributed by atoms with E-state index >= 15 is 0 Å². The minimum Gasteiger partial charge on any atom is -0.497 e. The lowest BCUT2D eigenvalue weighted by Gasteiger charge is -2.31. The summed E-state index contributed by atoms with van der Waals surface area (Å²) in [6.45, 7) is 1.62. The number of hydrogen-bond acceptors (Lipinski definition) is 5. The second-order valence-corrected chi connectivity index (χ2v) is 10.1. The van der Waals surface area contributed by atoms with Crippen molar-refractivity contribution in [1.82, 2.24) is 14.7 Å². The maximum absolute atomic E-state index is 12.7. The molecule has 0 N–H and O–H groups in total. The number of carbonyl (C=O) groups excluding carboxylic acids is 1. The Balaban J connectivity index is 1.26. The third-order valence-electron chi connectivity index (χ3n) is 7.89. The first-order chi connectivity index (χ1) is 19.1. The van der Waals surface area contributed by atoms with Crippen molar-refractivity contribution in [3.8, 4) is 28.4 Å². The van der Waals surface area contributed by atoms with Gasteiger partial charge in [-0.15, -0.1) is 0 Å². The fourth-order valence-electron chi connectivity index (χ4n) is 5.77. The second kappa shape index (κ2) is 10.8. The van der Waals surface area contributed by atoms with E-state index in [1.807, 2.05) is 53.4 Å². The van der Waals surface area contributed by atoms with Crippen LogP contribution in [0.5, 0.6) is 11.5 Å². The summed E-state index contributed by atoms with van der Waals surface area (Å²) in [6.07, 6.45) is 3.36. The van der Waals surface area contributed by atoms with Gasteiger partial charge in [0.05, 0.1) is 31.3 Å². The molecule has 6 rings (SSSR count). The number of hydrogen-bond donors (Lipinski definition) is 0. The van der Waals surface area contributed by atoms with Gasteiger partial charge in [0, 0.05) is 30.1 Å². The van der Waals surface area contributed by atoms with Crippen LogP contribution >= 0.6 is 0 Å². The van der Waals surface area contributed by atoms with Crippen LogP contribution in [0.4, 0.5) is 4.79 Å². The number of benzene rings is 3. The average Bonchev–Trinajstić information content (AvgIpc) is 3.40. The van der Waals surface area contributed by atoms with Gasteiger partial charge in [0.25, 0.3) is 0 Å². The number of carbonyl (C=O) groups is 1. The predicted octanol–water partition coefficient (Wildman–Crippen LogP) is 6.17. The van der Waals surface area contributed by atoms with Crippen LogP contribution in [0.25, 0.3) is 16.9 Å². The number of nitrogens with zero attached hydrogens (tertiary/aromatic N) is 3. The molecule has 0 bridgehead atoms. The quantitative estimate of drug-likeness (QED) is 0.302. The summed E-state index contributed by atoms with van der Waals surface area (Å²) >= 11 is 0. The highest BCUT2D eigenvalue weighted by molar-refractivity contribution is 5.74. The minimum atomic E-state index is -0.244. The van der Waals surface area contributed by atoms with Gasteiger partial charge in [-0.25, -0.2) is 9.48 Å². The molecule has 0 unspecified atom stereocenters. The van der Waals surface area contributed by atoms with Gasteiger partial charge in [-0.05, 0) is 79.3 Å². The average molecular weight is 524 g/mol. The Bertz CT molecular complexity index is 1460. The molecular weight excluding hydrogens is 490 g/mol. The molecule has 1 fully saturated rings. The van der Waals surface area contributed by atoms with E-state index in [1.54, 1.807) is 14.2 Å². The Hall–Kier alpha value is -4.26. The molecule has 0 radical (unpaired) electrons. The van der Waals surface area contributed by atoms with Gasteiger partial charge in [0.15, 0.2) is 0 Å². The van der Waals surface area contributed by atoms with Gasteiger partial charge < -0.3 is 19.1 Å². The van der Waals surface area contributed by atoms with E-state index < -0.39 is 0 Å². The maximum atomic E-state index is 12.7. The molecule has 1 aliphatic heterocycles. The number of aromatic nitrogens is 2. The molecule has 1 saturated heterocycles. The number of amides is 1. The van der Waals surface area contributed by atoms with Crippen molar-refractivity contribution in [3.05, 3.63) is 95.2 Å². The first-order valence-electron chi connectivity index (χ1n) is 13.5. The van der Waals surface area contributed by atoms with Crippen molar-refractivity contribution in [2.75, 3.05) is 27.3 Å². The summed E-state index contributed by atoms with van der Waals surface area (Å²) < 4.78 is 18.6. The molecule has 1 amide bonds. The molecule has 200 valence electrons. The van der Waals surface area contributed by atoms with Crippen LogP contribution in [-0.4, -0.2) is 48.1 Å². The Morgan fingerprint density at radius 2 is 1.62 bits per heavy atom. The lowest BCUT2D eigenvalue weighted by atomic mass is 9.84. The highest BCUT2D eigenvalue weighted by Gasteiger charge is 2.33. The summed E-state index contributed by atoms with van der Waals surface area (Å²) in [6, 6.07) is 24.2. The largest absolute Gasteiger partial charge is 0.497 e. The third-order valence-corrected chi connectivity index (χ3v) is 7.89. The van der Waals surface area contributed by atoms with Crippen molar-refractivity contribution in [2.24, 2.45) is 0 Å². The Morgan fingerprint density at radius 3 is 2.33 bits per heavy atom. The summed E-state index contributed by atoms with van der Waals surface area (Å²) in [5.74, 6) is 1.98. The summed E-state index contributed by atoms with van der Waals surface area (Å²) in [4.78, 5) is 14.6. The second-order valence-electron chi connectivity index (χ2n) is 10.1. The molecule has 1 aromatic heterocycles. The van der Waals surface area contributed by atoms with Crippen LogP contribution in [0.2, 0.25) is 0 Å². The zero-order chi connectivity index (χ0) is 26.8. The molecule has 4 aromatic rings. The van der Waals surface area contributed by atoms with E-state index in [1.165, 1.54) is 16.7 Å². The van der Waals surface area contributed by atoms with E-state index in [0.717, 1.165) is 59.8 Å². The molecule has 0 spiro atoms. The van der Waals surface area contributed by atoms with Crippen LogP contribution in [0.1, 0.15) is 41.1 Å². The molecule has 0 atom stereocenters. The van der Waals surface area contributed by atoms with Gasteiger partial charge in [-0.2, -0.15) is 5.10 Å². The van der Waals surface area contributed by atoms with Crippen LogP contribution in [0.3, 0.4) is 0 Å². The number of likely N-dealkylation sites (tertiary alicyclic amines) is 1. The minimum absolute atomic E-state index is 0.244. The number of rotatable bonds is 6. The normalized spacial score (nSPS) is 14.9. The molecule has 0 saturated carbocycles. The van der Waals surface area contributed by atoms with Crippen molar-refractivity contribution in [1.29, 1.82) is 0 Å². The predicted molar refractivity (Wildman–Crippen MR) is 150 cm³/mol. The Morgan fingerprint density at radius 1 is 0.897 bits per heavy atom. The molecule has 7 heteroatoms. The number of methoxy groups -OCH3 is 2. The van der Waals surface area contributed by atoms with E-state index in [-0.39, 0.29) is 12.0 Å². The highest BCUT2D eigenvalue weighted by Crippen LogP contribution is 2.42. The van der Waals surface area contributed by atoms with Crippen LogP contribution in [0, 0.1) is 0 Å². The van der Waals surface area contributed by atoms with Gasteiger partial charge in [-0.1, -0.05) is 30.3 Å². The maximum Gasteiger partial charge on any atom is 0.410 e. The Kier molecular flexibility index (Phi) is 6.97. The van der Waals surface area contributed by atoms with Crippen LogP contribution < -0.4 is 9.47 Å². The SMILES string of the molecule is COc1ccc(-n2nc(C3CCN(C(=O)OCc4ccccc4)CC3)c3c2-c2ccc(OC)cc2CC3)cc1. The fraction of sp³-hybridized carbons (Fsp3) is 0.312. The lowest BCUT2D eigenvalue weighted by Crippen LogP contribution is -2.38. The number of ether oxygens (including phenoxy) is 3. The molecule has 7 nitrogen and oxygen atoms in total. The van der Waals surface area contributed by atoms with Crippen molar-refractivity contribution < 1.29 is 19.0 Å². The molecule has 3 aromatic carbocycles. The zero-order valence-corrected chi connectivity index (χ0v) is 22.4. The van der Waals surface area contributed by atoms with Gasteiger partial charge in [0.1, 0.15) is 18.1 Å². The number of piperidine rings is 1. The summed E-state index contributed by atoms with van der Waals surface area (Å²) in [7, 11) is 3.38. The van der Waals surface area contributed by atoms with Gasteiger partial charge >= 0.3 is 6.09 Å². The molecule has 2 aliphatic rings. The summed E-state index contributed by atoms with van der Waals surface area (Å²) in [5.41, 5.74) is 8.10. The monoisotopic (exact) mass is 523 g/mol. The standard InChI is InChI=1S/C32H33N3O4/c1-37-26-11-9-25(10-12-26)35-31-28-15-13-27(38-2)20-24(28)8-14-29(31)30(33-35)23-16-18-34(19-17-23)32(36)39-21-22-6-4-3-5-7-22/h3-7,9-13,15,20,23H,8,14,16-19,21H2,1-2H3. The van der Waals surface area contributed by atoms with Crippen molar-refractivity contribution >= 4 is 6.09 Å². The first kappa shape index (κ1) is 25.0. The first-order valence-corrected chi connectivity index (χ1v) is 13.5. The van der Waals surface area contributed by atoms with E-state index in [0.29, 0.717) is 19.7 Å². The number of fused-ring (bicyclic) bond motifs is 3. The van der Waals surface area contributed by atoms with Crippen molar-refractivity contribution in [3.63, 3.8) is 0 Å². The summed E-state index contributed by atoms with van der Waals surface area (Å²) in [5, 5.41) is 5.24. The lowest BCUT2D eigenvalue weighted by molar-refractivity contribution is 0.0868. The zero-order valence-electron chi connectivity index (χ0n) is 22.4. The molecular formula is C32H33N3O4. The smallest absolute Gasteiger partial charge is 0.410 e. The highest BCUT2D eigenvalue weighted by atomic mass is 16.6. The van der Waals surface area contributed by atoms with E-state index in [2.05, 4.69) is 28.9 Å². The van der Waals surface area contributed by atoms with Crippen LogP contribution in [-0.2, 0) is 24.2 Å². The van der Waals surface area contributed by atoms with Crippen molar-refractivity contribution in [2.45, 2.75) is 38.2 Å². The molecule has 2 heterocycles. The van der Waals surface area contributed by atoms with E-state index in [9.17, 15) is 4.79 Å².